The van der Waals surface area contributed by atoms with Crippen LogP contribution in [0.2, 0.25) is 0 Å². The van der Waals surface area contributed by atoms with Crippen LogP contribution in [0.25, 0.3) is 0 Å². The number of methoxy groups -OCH3 is 1. The van der Waals surface area contributed by atoms with Crippen molar-refractivity contribution in [2.24, 2.45) is 10.7 Å². The Balaban J connectivity index is 1.95. The minimum absolute atomic E-state index is 0.199. The number of rotatable bonds is 10. The monoisotopic (exact) mass is 362 g/mol. The molecule has 0 aromatic heterocycles. The topological polar surface area (TPSA) is 72.1 Å². The van der Waals surface area contributed by atoms with Gasteiger partial charge in [0.05, 0.1) is 32.9 Å². The molecule has 1 atom stereocenters. The lowest BCUT2D eigenvalue weighted by Gasteiger charge is -2.34. The normalized spacial score (nSPS) is 17.1. The molecule has 0 radical (unpaired) electrons. The fraction of sp³-hybridized carbons (Fsp3) is 0.650. The summed E-state index contributed by atoms with van der Waals surface area (Å²) in [5, 5.41) is 3.23. The Morgan fingerprint density at radius 1 is 1.23 bits per heavy atom. The van der Waals surface area contributed by atoms with Crippen LogP contribution in [-0.4, -0.2) is 57.4 Å². The van der Waals surface area contributed by atoms with Gasteiger partial charge in [0.15, 0.2) is 5.96 Å². The predicted molar refractivity (Wildman–Crippen MR) is 107 cm³/mol. The molecule has 1 unspecified atom stereocenters. The maximum Gasteiger partial charge on any atom is 0.188 e. The van der Waals surface area contributed by atoms with Gasteiger partial charge in [-0.1, -0.05) is 38.3 Å². The van der Waals surface area contributed by atoms with Crippen molar-refractivity contribution < 1.29 is 9.47 Å². The number of hydrogen-bond donors (Lipinski definition) is 2. The summed E-state index contributed by atoms with van der Waals surface area (Å²) >= 11 is 0. The minimum Gasteiger partial charge on any atom is -0.497 e. The third kappa shape index (κ3) is 6.84. The number of nitrogens with two attached hydrogens (primary N) is 1. The first-order chi connectivity index (χ1) is 12.7. The first-order valence-corrected chi connectivity index (χ1v) is 9.74. The maximum absolute atomic E-state index is 6.07. The summed E-state index contributed by atoms with van der Waals surface area (Å²) in [5.41, 5.74) is 7.29. The van der Waals surface area contributed by atoms with E-state index >= 15 is 0 Å². The minimum atomic E-state index is 0.199. The van der Waals surface area contributed by atoms with E-state index in [1.54, 1.807) is 7.11 Å². The molecule has 0 bridgehead atoms. The molecule has 1 aliphatic rings. The molecule has 0 spiro atoms. The highest BCUT2D eigenvalue weighted by Gasteiger charge is 2.22. The number of unbranched alkanes of at least 4 members (excludes halogenated alkanes) is 3. The molecule has 146 valence electrons. The molecular weight excluding hydrogens is 328 g/mol. The molecule has 26 heavy (non-hydrogen) atoms. The van der Waals surface area contributed by atoms with E-state index in [1.165, 1.54) is 24.8 Å². The lowest BCUT2D eigenvalue weighted by Crippen LogP contribution is -2.41. The summed E-state index contributed by atoms with van der Waals surface area (Å²) in [6.45, 7) is 7.10. The van der Waals surface area contributed by atoms with Crippen LogP contribution >= 0.6 is 0 Å². The van der Waals surface area contributed by atoms with E-state index in [-0.39, 0.29) is 6.04 Å². The van der Waals surface area contributed by atoms with Crippen LogP contribution in [0.1, 0.15) is 44.2 Å². The van der Waals surface area contributed by atoms with Gasteiger partial charge in [0, 0.05) is 19.6 Å². The first-order valence-electron chi connectivity index (χ1n) is 9.74. The molecule has 1 aliphatic heterocycles. The quantitative estimate of drug-likeness (QED) is 0.380. The van der Waals surface area contributed by atoms with Gasteiger partial charge >= 0.3 is 0 Å². The predicted octanol–water partition coefficient (Wildman–Crippen LogP) is 2.55. The number of aliphatic imine (C=N–C) groups is 1. The van der Waals surface area contributed by atoms with Gasteiger partial charge < -0.3 is 20.5 Å². The summed E-state index contributed by atoms with van der Waals surface area (Å²) in [6, 6.07) is 8.43. The van der Waals surface area contributed by atoms with Crippen LogP contribution in [-0.2, 0) is 4.74 Å². The number of nitrogens with zero attached hydrogens (tertiary/aromatic N) is 2. The highest BCUT2D eigenvalue weighted by atomic mass is 16.5. The SMILES string of the molecule is CCCCCCNC(N)=NCC(c1ccc(OC)cc1)N1CCOCC1. The number of guanidine groups is 1. The lowest BCUT2D eigenvalue weighted by atomic mass is 10.0. The van der Waals surface area contributed by atoms with Gasteiger partial charge in [-0.05, 0) is 24.1 Å². The summed E-state index contributed by atoms with van der Waals surface area (Å²) in [6.07, 6.45) is 4.89. The van der Waals surface area contributed by atoms with Crippen molar-refractivity contribution in [3.05, 3.63) is 29.8 Å². The van der Waals surface area contributed by atoms with E-state index in [4.69, 9.17) is 15.2 Å². The molecule has 1 fully saturated rings. The smallest absolute Gasteiger partial charge is 0.188 e. The number of morpholine rings is 1. The lowest BCUT2D eigenvalue weighted by molar-refractivity contribution is 0.0180. The Morgan fingerprint density at radius 2 is 1.96 bits per heavy atom. The van der Waals surface area contributed by atoms with Crippen molar-refractivity contribution in [2.45, 2.75) is 38.6 Å². The highest BCUT2D eigenvalue weighted by Crippen LogP contribution is 2.24. The largest absolute Gasteiger partial charge is 0.497 e. The molecule has 6 heteroatoms. The second kappa shape index (κ2) is 11.8. The third-order valence-electron chi connectivity index (χ3n) is 4.76. The van der Waals surface area contributed by atoms with Crippen molar-refractivity contribution in [1.82, 2.24) is 10.2 Å². The van der Waals surface area contributed by atoms with Crippen LogP contribution in [0.3, 0.4) is 0 Å². The number of nitrogens with one attached hydrogen (secondary N) is 1. The second-order valence-corrected chi connectivity index (χ2v) is 6.65. The average molecular weight is 363 g/mol. The standard InChI is InChI=1S/C20H34N4O2/c1-3-4-5-6-11-22-20(21)23-16-19(24-12-14-26-15-13-24)17-7-9-18(25-2)10-8-17/h7-10,19H,3-6,11-16H2,1-2H3,(H3,21,22,23). The van der Waals surface area contributed by atoms with Crippen molar-refractivity contribution in [3.8, 4) is 5.75 Å². The van der Waals surface area contributed by atoms with Crippen molar-refractivity contribution in [1.29, 1.82) is 0 Å². The molecule has 0 saturated carbocycles. The van der Waals surface area contributed by atoms with E-state index in [2.05, 4.69) is 34.3 Å². The molecular formula is C20H34N4O2. The Bertz CT molecular complexity index is 527. The molecule has 2 rings (SSSR count). The summed E-state index contributed by atoms with van der Waals surface area (Å²) in [4.78, 5) is 7.03. The molecule has 0 amide bonds. The Labute approximate surface area is 157 Å². The maximum atomic E-state index is 6.07. The molecule has 3 N–H and O–H groups in total. The van der Waals surface area contributed by atoms with Gasteiger partial charge in [-0.25, -0.2) is 0 Å². The zero-order chi connectivity index (χ0) is 18.6. The van der Waals surface area contributed by atoms with Gasteiger partial charge in [-0.3, -0.25) is 9.89 Å². The Morgan fingerprint density at radius 3 is 2.62 bits per heavy atom. The van der Waals surface area contributed by atoms with Crippen molar-refractivity contribution >= 4 is 5.96 Å². The number of hydrogen-bond acceptors (Lipinski definition) is 4. The van der Waals surface area contributed by atoms with Crippen LogP contribution in [0, 0.1) is 0 Å². The Kier molecular flexibility index (Phi) is 9.28. The summed E-state index contributed by atoms with van der Waals surface area (Å²) in [7, 11) is 1.69. The number of ether oxygens (including phenoxy) is 2. The Hall–Kier alpha value is -1.79. The van der Waals surface area contributed by atoms with Crippen LogP contribution < -0.4 is 15.8 Å². The van der Waals surface area contributed by atoms with Crippen LogP contribution in [0.5, 0.6) is 5.75 Å². The van der Waals surface area contributed by atoms with Crippen molar-refractivity contribution in [2.75, 3.05) is 46.5 Å². The highest BCUT2D eigenvalue weighted by molar-refractivity contribution is 5.77. The van der Waals surface area contributed by atoms with E-state index in [0.717, 1.165) is 45.0 Å². The van der Waals surface area contributed by atoms with Gasteiger partial charge in [0.25, 0.3) is 0 Å². The molecule has 6 nitrogen and oxygen atoms in total. The fourth-order valence-corrected chi connectivity index (χ4v) is 3.16. The van der Waals surface area contributed by atoms with Gasteiger partial charge in [-0.15, -0.1) is 0 Å². The molecule has 1 heterocycles. The number of benzene rings is 1. The van der Waals surface area contributed by atoms with E-state index in [0.29, 0.717) is 12.5 Å². The average Bonchev–Trinajstić information content (AvgIpc) is 2.69. The van der Waals surface area contributed by atoms with Gasteiger partial charge in [0.2, 0.25) is 0 Å². The third-order valence-corrected chi connectivity index (χ3v) is 4.76. The van der Waals surface area contributed by atoms with Gasteiger partial charge in [-0.2, -0.15) is 0 Å². The summed E-state index contributed by atoms with van der Waals surface area (Å²) < 4.78 is 10.8. The van der Waals surface area contributed by atoms with Gasteiger partial charge in [0.1, 0.15) is 5.75 Å². The van der Waals surface area contributed by atoms with E-state index in [9.17, 15) is 0 Å². The fourth-order valence-electron chi connectivity index (χ4n) is 3.16. The molecule has 1 aromatic rings. The van der Waals surface area contributed by atoms with E-state index in [1.807, 2.05) is 12.1 Å². The van der Waals surface area contributed by atoms with Crippen LogP contribution in [0.15, 0.2) is 29.3 Å². The first kappa shape index (κ1) is 20.5. The molecule has 1 saturated heterocycles. The second-order valence-electron chi connectivity index (χ2n) is 6.65. The summed E-state index contributed by atoms with van der Waals surface area (Å²) in [5.74, 6) is 1.40. The van der Waals surface area contributed by atoms with Crippen LogP contribution in [0.4, 0.5) is 0 Å². The van der Waals surface area contributed by atoms with E-state index < -0.39 is 0 Å². The molecule has 0 aliphatic carbocycles. The zero-order valence-corrected chi connectivity index (χ0v) is 16.2. The zero-order valence-electron chi connectivity index (χ0n) is 16.2. The van der Waals surface area contributed by atoms with Crippen molar-refractivity contribution in [3.63, 3.8) is 0 Å². The molecule has 1 aromatic carbocycles.